The van der Waals surface area contributed by atoms with Crippen molar-refractivity contribution >= 4 is 17.6 Å². The van der Waals surface area contributed by atoms with E-state index in [0.29, 0.717) is 11.1 Å². The Hall–Kier alpha value is -2.89. The SMILES string of the molecule is CN(C)c1cccc(C(=O)OCC(=O)N(Cc2ccccc2F)C2CC2)c1. The van der Waals surface area contributed by atoms with Crippen molar-refractivity contribution in [3.63, 3.8) is 0 Å². The third-order valence-electron chi connectivity index (χ3n) is 4.53. The summed E-state index contributed by atoms with van der Waals surface area (Å²) in [6.07, 6.45) is 1.78. The van der Waals surface area contributed by atoms with Gasteiger partial charge < -0.3 is 14.5 Å². The first-order valence-corrected chi connectivity index (χ1v) is 8.93. The highest BCUT2D eigenvalue weighted by atomic mass is 19.1. The summed E-state index contributed by atoms with van der Waals surface area (Å²) in [6.45, 7) is -0.167. The van der Waals surface area contributed by atoms with Crippen molar-refractivity contribution in [3.8, 4) is 0 Å². The number of rotatable bonds is 7. The monoisotopic (exact) mass is 370 g/mol. The summed E-state index contributed by atoms with van der Waals surface area (Å²) < 4.78 is 19.1. The lowest BCUT2D eigenvalue weighted by Gasteiger charge is -2.22. The fourth-order valence-corrected chi connectivity index (χ4v) is 2.82. The van der Waals surface area contributed by atoms with E-state index in [-0.39, 0.29) is 30.9 Å². The maximum Gasteiger partial charge on any atom is 0.338 e. The lowest BCUT2D eigenvalue weighted by atomic mass is 10.2. The first-order chi connectivity index (χ1) is 13.0. The molecule has 1 fully saturated rings. The predicted molar refractivity (Wildman–Crippen MR) is 101 cm³/mol. The van der Waals surface area contributed by atoms with Gasteiger partial charge in [0.25, 0.3) is 5.91 Å². The van der Waals surface area contributed by atoms with Gasteiger partial charge in [0.15, 0.2) is 6.61 Å². The second kappa shape index (κ2) is 8.20. The van der Waals surface area contributed by atoms with Crippen molar-refractivity contribution in [3.05, 3.63) is 65.5 Å². The molecule has 1 aliphatic carbocycles. The van der Waals surface area contributed by atoms with Gasteiger partial charge >= 0.3 is 5.97 Å². The van der Waals surface area contributed by atoms with Crippen LogP contribution in [0.3, 0.4) is 0 Å². The van der Waals surface area contributed by atoms with Gasteiger partial charge in [0.05, 0.1) is 5.56 Å². The van der Waals surface area contributed by atoms with Crippen LogP contribution in [0.5, 0.6) is 0 Å². The van der Waals surface area contributed by atoms with Crippen LogP contribution in [0.25, 0.3) is 0 Å². The van der Waals surface area contributed by atoms with Crippen molar-refractivity contribution in [2.45, 2.75) is 25.4 Å². The maximum atomic E-state index is 13.9. The van der Waals surface area contributed by atoms with E-state index in [0.717, 1.165) is 18.5 Å². The molecule has 0 aromatic heterocycles. The van der Waals surface area contributed by atoms with Gasteiger partial charge in [0.2, 0.25) is 0 Å². The van der Waals surface area contributed by atoms with Crippen molar-refractivity contribution in [2.75, 3.05) is 25.6 Å². The Morgan fingerprint density at radius 1 is 1.11 bits per heavy atom. The molecule has 0 aliphatic heterocycles. The zero-order valence-corrected chi connectivity index (χ0v) is 15.5. The Morgan fingerprint density at radius 3 is 2.52 bits per heavy atom. The highest BCUT2D eigenvalue weighted by molar-refractivity contribution is 5.92. The summed E-state index contributed by atoms with van der Waals surface area (Å²) in [5.74, 6) is -1.19. The van der Waals surface area contributed by atoms with E-state index in [1.807, 2.05) is 25.1 Å². The summed E-state index contributed by atoms with van der Waals surface area (Å²) in [7, 11) is 3.76. The standard InChI is InChI=1S/C21H23FN2O3/c1-23(2)18-8-5-7-15(12-18)21(26)27-14-20(25)24(17-10-11-17)13-16-6-3-4-9-19(16)22/h3-9,12,17H,10-11,13-14H2,1-2H3. The molecule has 0 heterocycles. The Kier molecular flexibility index (Phi) is 5.74. The first kappa shape index (κ1) is 18.9. The van der Waals surface area contributed by atoms with Gasteiger partial charge in [-0.2, -0.15) is 0 Å². The normalized spacial score (nSPS) is 13.1. The first-order valence-electron chi connectivity index (χ1n) is 8.93. The minimum atomic E-state index is -0.548. The molecule has 2 aromatic rings. The molecule has 0 unspecified atom stereocenters. The molecule has 1 aliphatic rings. The van der Waals surface area contributed by atoms with Crippen molar-refractivity contribution in [1.82, 2.24) is 4.90 Å². The molecule has 0 saturated heterocycles. The Bertz CT molecular complexity index is 834. The third kappa shape index (κ3) is 4.84. The molecule has 1 saturated carbocycles. The number of anilines is 1. The number of halogens is 1. The number of esters is 1. The smallest absolute Gasteiger partial charge is 0.338 e. The average Bonchev–Trinajstić information content (AvgIpc) is 3.50. The van der Waals surface area contributed by atoms with Crippen LogP contribution in [-0.4, -0.2) is 43.5 Å². The summed E-state index contributed by atoms with van der Waals surface area (Å²) in [5, 5.41) is 0. The van der Waals surface area contributed by atoms with Crippen LogP contribution in [0.15, 0.2) is 48.5 Å². The minimum Gasteiger partial charge on any atom is -0.452 e. The molecule has 0 bridgehead atoms. The zero-order valence-electron chi connectivity index (χ0n) is 15.5. The van der Waals surface area contributed by atoms with Gasteiger partial charge in [0.1, 0.15) is 5.82 Å². The summed E-state index contributed by atoms with van der Waals surface area (Å²) in [5.41, 5.74) is 1.72. The predicted octanol–water partition coefficient (Wildman–Crippen LogP) is 3.24. The van der Waals surface area contributed by atoms with Crippen molar-refractivity contribution in [2.24, 2.45) is 0 Å². The molecule has 5 nitrogen and oxygen atoms in total. The van der Waals surface area contributed by atoms with Crippen LogP contribution in [0.2, 0.25) is 0 Å². The van der Waals surface area contributed by atoms with Gasteiger partial charge in [-0.3, -0.25) is 4.79 Å². The Morgan fingerprint density at radius 2 is 1.85 bits per heavy atom. The average molecular weight is 370 g/mol. The number of amides is 1. The molecule has 27 heavy (non-hydrogen) atoms. The van der Waals surface area contributed by atoms with E-state index in [1.54, 1.807) is 41.3 Å². The van der Waals surface area contributed by atoms with Gasteiger partial charge in [-0.1, -0.05) is 24.3 Å². The molecule has 0 N–H and O–H groups in total. The zero-order chi connectivity index (χ0) is 19.4. The lowest BCUT2D eigenvalue weighted by Crippen LogP contribution is -2.36. The summed E-state index contributed by atoms with van der Waals surface area (Å²) in [6, 6.07) is 13.5. The van der Waals surface area contributed by atoms with E-state index >= 15 is 0 Å². The molecule has 1 amide bonds. The van der Waals surface area contributed by atoms with Crippen LogP contribution in [-0.2, 0) is 16.1 Å². The molecule has 0 atom stereocenters. The number of ether oxygens (including phenoxy) is 1. The molecule has 6 heteroatoms. The molecular formula is C21H23FN2O3. The third-order valence-corrected chi connectivity index (χ3v) is 4.53. The quantitative estimate of drug-likeness (QED) is 0.702. The molecule has 2 aromatic carbocycles. The highest BCUT2D eigenvalue weighted by Gasteiger charge is 2.33. The fraction of sp³-hybridized carbons (Fsp3) is 0.333. The Balaban J connectivity index is 1.62. The fourth-order valence-electron chi connectivity index (χ4n) is 2.82. The van der Waals surface area contributed by atoms with E-state index in [4.69, 9.17) is 4.74 Å². The second-order valence-corrected chi connectivity index (χ2v) is 6.87. The molecule has 0 spiro atoms. The van der Waals surface area contributed by atoms with Crippen LogP contribution in [0, 0.1) is 5.82 Å². The second-order valence-electron chi connectivity index (χ2n) is 6.87. The topological polar surface area (TPSA) is 49.9 Å². The van der Waals surface area contributed by atoms with Crippen LogP contribution < -0.4 is 4.90 Å². The number of benzene rings is 2. The van der Waals surface area contributed by atoms with Crippen LogP contribution in [0.1, 0.15) is 28.8 Å². The largest absolute Gasteiger partial charge is 0.452 e. The minimum absolute atomic E-state index is 0.0906. The van der Waals surface area contributed by atoms with Crippen molar-refractivity contribution in [1.29, 1.82) is 0 Å². The van der Waals surface area contributed by atoms with E-state index < -0.39 is 5.97 Å². The van der Waals surface area contributed by atoms with Crippen LogP contribution >= 0.6 is 0 Å². The van der Waals surface area contributed by atoms with Crippen molar-refractivity contribution < 1.29 is 18.7 Å². The number of hydrogen-bond donors (Lipinski definition) is 0. The van der Waals surface area contributed by atoms with Gasteiger partial charge in [0, 0.05) is 37.9 Å². The van der Waals surface area contributed by atoms with E-state index in [2.05, 4.69) is 0 Å². The Labute approximate surface area is 158 Å². The van der Waals surface area contributed by atoms with Crippen LogP contribution in [0.4, 0.5) is 10.1 Å². The number of hydrogen-bond acceptors (Lipinski definition) is 4. The molecule has 3 rings (SSSR count). The highest BCUT2D eigenvalue weighted by Crippen LogP contribution is 2.29. The summed E-state index contributed by atoms with van der Waals surface area (Å²) >= 11 is 0. The maximum absolute atomic E-state index is 13.9. The van der Waals surface area contributed by atoms with Gasteiger partial charge in [-0.05, 0) is 37.1 Å². The lowest BCUT2D eigenvalue weighted by molar-refractivity contribution is -0.135. The molecular weight excluding hydrogens is 347 g/mol. The van der Waals surface area contributed by atoms with E-state index in [9.17, 15) is 14.0 Å². The molecule has 0 radical (unpaired) electrons. The van der Waals surface area contributed by atoms with Gasteiger partial charge in [-0.15, -0.1) is 0 Å². The van der Waals surface area contributed by atoms with Gasteiger partial charge in [-0.25, -0.2) is 9.18 Å². The number of carbonyl (C=O) groups is 2. The number of nitrogens with zero attached hydrogens (tertiary/aromatic N) is 2. The number of carbonyl (C=O) groups excluding carboxylic acids is 2. The summed E-state index contributed by atoms with van der Waals surface area (Å²) in [4.78, 5) is 28.3. The molecule has 142 valence electrons. The van der Waals surface area contributed by atoms with E-state index in [1.165, 1.54) is 6.07 Å².